The number of carbonyl (C=O) groups is 1. The molecular formula is C16H15FN2O2. The van der Waals surface area contributed by atoms with Gasteiger partial charge in [-0.05, 0) is 30.5 Å². The minimum atomic E-state index is -0.280. The second-order valence-electron chi connectivity index (χ2n) is 5.15. The molecule has 1 atom stereocenters. The van der Waals surface area contributed by atoms with Crippen LogP contribution in [0.4, 0.5) is 4.39 Å². The number of amides is 1. The molecule has 0 saturated carbocycles. The number of rotatable bonds is 2. The molecule has 1 aromatic carbocycles. The lowest BCUT2D eigenvalue weighted by atomic mass is 10.0. The molecule has 3 rings (SSSR count). The maximum Gasteiger partial charge on any atom is 0.254 e. The van der Waals surface area contributed by atoms with Gasteiger partial charge in [-0.1, -0.05) is 12.1 Å². The van der Waals surface area contributed by atoms with Gasteiger partial charge in [0.2, 0.25) is 0 Å². The van der Waals surface area contributed by atoms with Crippen molar-refractivity contribution in [3.8, 4) is 0 Å². The number of halogens is 1. The Kier molecular flexibility index (Phi) is 3.56. The Balaban J connectivity index is 1.85. The Labute approximate surface area is 122 Å². The zero-order chi connectivity index (χ0) is 14.8. The predicted molar refractivity (Wildman–Crippen MR) is 74.8 cm³/mol. The first kappa shape index (κ1) is 13.5. The lowest BCUT2D eigenvalue weighted by molar-refractivity contribution is -0.605. The summed E-state index contributed by atoms with van der Waals surface area (Å²) in [7, 11) is 0. The van der Waals surface area contributed by atoms with Gasteiger partial charge >= 0.3 is 0 Å². The fraction of sp³-hybridized carbons (Fsp3) is 0.250. The van der Waals surface area contributed by atoms with Gasteiger partial charge in [-0.25, -0.2) is 4.39 Å². The fourth-order valence-electron chi connectivity index (χ4n) is 2.76. The zero-order valence-electron chi connectivity index (χ0n) is 11.4. The van der Waals surface area contributed by atoms with E-state index in [-0.39, 0.29) is 17.8 Å². The molecule has 2 heterocycles. The molecule has 1 saturated heterocycles. The van der Waals surface area contributed by atoms with Crippen LogP contribution in [0.25, 0.3) is 0 Å². The summed E-state index contributed by atoms with van der Waals surface area (Å²) < 4.78 is 13.7. The number of carbonyl (C=O) groups excluding carboxylic acids is 1. The first-order valence-electron chi connectivity index (χ1n) is 6.90. The fourth-order valence-corrected chi connectivity index (χ4v) is 2.76. The molecular weight excluding hydrogens is 271 g/mol. The standard InChI is InChI=1S/C16H15FN2O2/c17-14-5-3-12(4-6-14)15-2-1-9-19(15)16(20)13-7-10-18(21)11-8-13/h3-8,10-11,15H,1-2,9H2. The van der Waals surface area contributed by atoms with Crippen molar-refractivity contribution in [1.82, 2.24) is 4.90 Å². The second-order valence-corrected chi connectivity index (χ2v) is 5.15. The summed E-state index contributed by atoms with van der Waals surface area (Å²) >= 11 is 0. The summed E-state index contributed by atoms with van der Waals surface area (Å²) in [4.78, 5) is 14.3. The third-order valence-electron chi connectivity index (χ3n) is 3.82. The van der Waals surface area contributed by atoms with E-state index >= 15 is 0 Å². The lowest BCUT2D eigenvalue weighted by Crippen LogP contribution is -2.32. The zero-order valence-corrected chi connectivity index (χ0v) is 11.4. The van der Waals surface area contributed by atoms with Gasteiger partial charge in [0, 0.05) is 18.7 Å². The third-order valence-corrected chi connectivity index (χ3v) is 3.82. The molecule has 1 unspecified atom stereocenters. The Hall–Kier alpha value is -2.43. The summed E-state index contributed by atoms with van der Waals surface area (Å²) in [6, 6.07) is 9.30. The SMILES string of the molecule is O=C(c1cc[n+]([O-])cc1)N1CCCC1c1ccc(F)cc1. The molecule has 0 spiro atoms. The highest BCUT2D eigenvalue weighted by Gasteiger charge is 2.30. The quantitative estimate of drug-likeness (QED) is 0.629. The van der Waals surface area contributed by atoms with E-state index in [2.05, 4.69) is 0 Å². The molecule has 0 N–H and O–H groups in total. The predicted octanol–water partition coefficient (Wildman–Crippen LogP) is 2.44. The summed E-state index contributed by atoms with van der Waals surface area (Å²) in [5.41, 5.74) is 1.44. The maximum atomic E-state index is 13.0. The molecule has 1 aromatic heterocycles. The van der Waals surface area contributed by atoms with Gasteiger partial charge in [0.1, 0.15) is 5.82 Å². The molecule has 21 heavy (non-hydrogen) atoms. The Morgan fingerprint density at radius 2 is 1.86 bits per heavy atom. The molecule has 1 aliphatic rings. The van der Waals surface area contributed by atoms with Gasteiger partial charge < -0.3 is 10.1 Å². The van der Waals surface area contributed by atoms with Crippen LogP contribution in [-0.4, -0.2) is 17.4 Å². The van der Waals surface area contributed by atoms with Crippen LogP contribution in [-0.2, 0) is 0 Å². The van der Waals surface area contributed by atoms with Crippen LogP contribution in [0.1, 0.15) is 34.8 Å². The highest BCUT2D eigenvalue weighted by Crippen LogP contribution is 2.33. The summed E-state index contributed by atoms with van der Waals surface area (Å²) in [5.74, 6) is -0.375. The summed E-state index contributed by atoms with van der Waals surface area (Å²) in [5, 5.41) is 11.0. The molecule has 2 aromatic rings. The highest BCUT2D eigenvalue weighted by atomic mass is 19.1. The molecule has 1 fully saturated rings. The average molecular weight is 286 g/mol. The van der Waals surface area contributed by atoms with Crippen molar-refractivity contribution in [1.29, 1.82) is 0 Å². The van der Waals surface area contributed by atoms with Crippen LogP contribution in [0.15, 0.2) is 48.8 Å². The lowest BCUT2D eigenvalue weighted by Gasteiger charge is -2.25. The molecule has 0 bridgehead atoms. The van der Waals surface area contributed by atoms with Crippen molar-refractivity contribution in [2.75, 3.05) is 6.54 Å². The first-order valence-corrected chi connectivity index (χ1v) is 6.90. The van der Waals surface area contributed by atoms with Crippen LogP contribution in [0.3, 0.4) is 0 Å². The number of aromatic nitrogens is 1. The average Bonchev–Trinajstić information content (AvgIpc) is 2.97. The number of benzene rings is 1. The second kappa shape index (κ2) is 5.52. The van der Waals surface area contributed by atoms with Crippen LogP contribution >= 0.6 is 0 Å². The maximum absolute atomic E-state index is 13.0. The van der Waals surface area contributed by atoms with Crippen LogP contribution in [0.5, 0.6) is 0 Å². The molecule has 4 nitrogen and oxygen atoms in total. The monoisotopic (exact) mass is 286 g/mol. The Bertz CT molecular complexity index is 640. The van der Waals surface area contributed by atoms with Crippen LogP contribution < -0.4 is 4.73 Å². The van der Waals surface area contributed by atoms with Crippen molar-refractivity contribution >= 4 is 5.91 Å². The number of likely N-dealkylation sites (tertiary alicyclic amines) is 1. The van der Waals surface area contributed by atoms with Crippen molar-refractivity contribution in [3.05, 3.63) is 70.9 Å². The van der Waals surface area contributed by atoms with Crippen molar-refractivity contribution in [2.45, 2.75) is 18.9 Å². The molecule has 0 radical (unpaired) electrons. The molecule has 1 amide bonds. The van der Waals surface area contributed by atoms with Crippen LogP contribution in [0, 0.1) is 11.0 Å². The molecule has 108 valence electrons. The van der Waals surface area contributed by atoms with E-state index in [4.69, 9.17) is 0 Å². The molecule has 5 heteroatoms. The van der Waals surface area contributed by atoms with Gasteiger partial charge in [-0.15, -0.1) is 0 Å². The summed E-state index contributed by atoms with van der Waals surface area (Å²) in [6.07, 6.45) is 4.42. The minimum absolute atomic E-state index is 0.0299. The van der Waals surface area contributed by atoms with Crippen LogP contribution in [0.2, 0.25) is 0 Å². The smallest absolute Gasteiger partial charge is 0.254 e. The number of hydrogen-bond acceptors (Lipinski definition) is 2. The van der Waals surface area contributed by atoms with Crippen molar-refractivity contribution in [3.63, 3.8) is 0 Å². The van der Waals surface area contributed by atoms with Gasteiger partial charge in [0.05, 0.1) is 11.6 Å². The van der Waals surface area contributed by atoms with E-state index < -0.39 is 0 Å². The van der Waals surface area contributed by atoms with Gasteiger partial charge in [0.15, 0.2) is 12.4 Å². The number of hydrogen-bond donors (Lipinski definition) is 0. The normalized spacial score (nSPS) is 18.0. The van der Waals surface area contributed by atoms with Crippen molar-refractivity contribution in [2.24, 2.45) is 0 Å². The molecule has 0 aliphatic carbocycles. The Morgan fingerprint density at radius 1 is 1.19 bits per heavy atom. The Morgan fingerprint density at radius 3 is 2.52 bits per heavy atom. The van der Waals surface area contributed by atoms with E-state index in [0.29, 0.717) is 16.8 Å². The first-order chi connectivity index (χ1) is 10.1. The topological polar surface area (TPSA) is 47.2 Å². The van der Waals surface area contributed by atoms with Gasteiger partial charge in [0.25, 0.3) is 5.91 Å². The highest BCUT2D eigenvalue weighted by molar-refractivity contribution is 5.94. The minimum Gasteiger partial charge on any atom is -0.619 e. The largest absolute Gasteiger partial charge is 0.619 e. The van der Waals surface area contributed by atoms with E-state index in [9.17, 15) is 14.4 Å². The molecule has 1 aliphatic heterocycles. The van der Waals surface area contributed by atoms with E-state index in [1.165, 1.54) is 36.7 Å². The summed E-state index contributed by atoms with van der Waals surface area (Å²) in [6.45, 7) is 0.674. The third kappa shape index (κ3) is 2.72. The van der Waals surface area contributed by atoms with Gasteiger partial charge in [-0.2, -0.15) is 4.73 Å². The van der Waals surface area contributed by atoms with E-state index in [0.717, 1.165) is 18.4 Å². The van der Waals surface area contributed by atoms with E-state index in [1.807, 2.05) is 0 Å². The van der Waals surface area contributed by atoms with E-state index in [1.54, 1.807) is 17.0 Å². The number of nitrogens with zero attached hydrogens (tertiary/aromatic N) is 2. The number of pyridine rings is 1. The van der Waals surface area contributed by atoms with Crippen molar-refractivity contribution < 1.29 is 13.9 Å². The van der Waals surface area contributed by atoms with Gasteiger partial charge in [-0.3, -0.25) is 4.79 Å².